The maximum absolute atomic E-state index is 6.14. The lowest BCUT2D eigenvalue weighted by molar-refractivity contribution is 0.217. The lowest BCUT2D eigenvalue weighted by atomic mass is 9.92. The normalized spacial score (nSPS) is 14.8. The largest absolute Gasteiger partial charge is 0.492 e. The van der Waals surface area contributed by atoms with Gasteiger partial charge >= 0.3 is 0 Å². The van der Waals surface area contributed by atoms with Gasteiger partial charge in [0.05, 0.1) is 0 Å². The number of ether oxygens (including phenoxy) is 1. The summed E-state index contributed by atoms with van der Waals surface area (Å²) >= 11 is 0. The smallest absolute Gasteiger partial charge is 0.123 e. The molecule has 5 heteroatoms. The maximum atomic E-state index is 6.14. The van der Waals surface area contributed by atoms with Crippen LogP contribution in [0.1, 0.15) is 16.7 Å². The van der Waals surface area contributed by atoms with Gasteiger partial charge in [-0.15, -0.1) is 0 Å². The molecule has 0 aromatic heterocycles. The molecule has 2 aromatic carbocycles. The first-order valence-electron chi connectivity index (χ1n) is 8.35. The van der Waals surface area contributed by atoms with E-state index < -0.39 is 0 Å². The highest BCUT2D eigenvalue weighted by Crippen LogP contribution is 2.34. The highest BCUT2D eigenvalue weighted by Gasteiger charge is 2.17. The summed E-state index contributed by atoms with van der Waals surface area (Å²) < 4.78 is 5.91. The molecule has 1 aliphatic rings. The fourth-order valence-corrected chi connectivity index (χ4v) is 3.37. The SMILES string of the molecule is CNCN1CCOc2ccc(-c3c(C)ccc(N)c3CN)cc2C1. The predicted molar refractivity (Wildman–Crippen MR) is 98.8 cm³/mol. The van der Waals surface area contributed by atoms with Crippen LogP contribution in [0.4, 0.5) is 5.69 Å². The lowest BCUT2D eigenvalue weighted by Gasteiger charge is -2.19. The number of hydrogen-bond acceptors (Lipinski definition) is 5. The zero-order valence-electron chi connectivity index (χ0n) is 14.4. The molecule has 2 aromatic rings. The van der Waals surface area contributed by atoms with Gasteiger partial charge in [0.25, 0.3) is 0 Å². The van der Waals surface area contributed by atoms with Crippen molar-refractivity contribution in [1.29, 1.82) is 0 Å². The van der Waals surface area contributed by atoms with Crippen molar-refractivity contribution in [3.05, 3.63) is 47.0 Å². The molecule has 0 aliphatic carbocycles. The molecule has 0 fully saturated rings. The van der Waals surface area contributed by atoms with Crippen molar-refractivity contribution in [3.63, 3.8) is 0 Å². The van der Waals surface area contributed by atoms with Gasteiger partial charge in [-0.25, -0.2) is 0 Å². The van der Waals surface area contributed by atoms with Crippen molar-refractivity contribution in [2.75, 3.05) is 32.6 Å². The molecule has 5 N–H and O–H groups in total. The predicted octanol–water partition coefficient (Wildman–Crippen LogP) is 2.07. The number of fused-ring (bicyclic) bond motifs is 1. The Morgan fingerprint density at radius 2 is 2.08 bits per heavy atom. The van der Waals surface area contributed by atoms with Crippen LogP contribution in [0.2, 0.25) is 0 Å². The second-order valence-corrected chi connectivity index (χ2v) is 6.26. The van der Waals surface area contributed by atoms with Gasteiger partial charge in [0.1, 0.15) is 12.4 Å². The molecule has 0 bridgehead atoms. The molecule has 0 saturated heterocycles. The first-order chi connectivity index (χ1) is 11.6. The van der Waals surface area contributed by atoms with E-state index in [-0.39, 0.29) is 0 Å². The van der Waals surface area contributed by atoms with Gasteiger partial charge in [-0.05, 0) is 54.4 Å². The van der Waals surface area contributed by atoms with Crippen LogP contribution in [0.5, 0.6) is 5.75 Å². The second-order valence-electron chi connectivity index (χ2n) is 6.26. The summed E-state index contributed by atoms with van der Waals surface area (Å²) in [6, 6.07) is 10.4. The summed E-state index contributed by atoms with van der Waals surface area (Å²) in [7, 11) is 1.96. The fraction of sp³-hybridized carbons (Fsp3) is 0.368. The van der Waals surface area contributed by atoms with Gasteiger partial charge in [-0.3, -0.25) is 4.90 Å². The average Bonchev–Trinajstić information content (AvgIpc) is 2.78. The monoisotopic (exact) mass is 326 g/mol. The number of nitrogens with one attached hydrogen (secondary N) is 1. The zero-order valence-corrected chi connectivity index (χ0v) is 14.4. The minimum Gasteiger partial charge on any atom is -0.492 e. The van der Waals surface area contributed by atoms with E-state index in [1.165, 1.54) is 11.1 Å². The summed E-state index contributed by atoms with van der Waals surface area (Å²) in [5.41, 5.74) is 18.5. The Morgan fingerprint density at radius 3 is 2.83 bits per heavy atom. The number of benzene rings is 2. The quantitative estimate of drug-likeness (QED) is 0.750. The van der Waals surface area contributed by atoms with Crippen LogP contribution < -0.4 is 21.5 Å². The summed E-state index contributed by atoms with van der Waals surface area (Å²) in [5, 5.41) is 3.21. The maximum Gasteiger partial charge on any atom is 0.123 e. The fourth-order valence-electron chi connectivity index (χ4n) is 3.37. The molecule has 24 heavy (non-hydrogen) atoms. The Kier molecular flexibility index (Phi) is 5.04. The van der Waals surface area contributed by atoms with E-state index in [0.717, 1.165) is 47.9 Å². The van der Waals surface area contributed by atoms with E-state index in [9.17, 15) is 0 Å². The molecule has 0 spiro atoms. The molecule has 128 valence electrons. The Morgan fingerprint density at radius 1 is 1.25 bits per heavy atom. The van der Waals surface area contributed by atoms with Crippen LogP contribution in [0.3, 0.4) is 0 Å². The second kappa shape index (κ2) is 7.21. The summed E-state index contributed by atoms with van der Waals surface area (Å²) in [4.78, 5) is 2.34. The van der Waals surface area contributed by atoms with Gasteiger partial charge in [-0.2, -0.15) is 0 Å². The zero-order chi connectivity index (χ0) is 17.1. The van der Waals surface area contributed by atoms with E-state index >= 15 is 0 Å². The topological polar surface area (TPSA) is 76.5 Å². The third-order valence-corrected chi connectivity index (χ3v) is 4.55. The number of nitrogen functional groups attached to an aromatic ring is 1. The van der Waals surface area contributed by atoms with Crippen molar-refractivity contribution < 1.29 is 4.74 Å². The van der Waals surface area contributed by atoms with E-state index in [1.807, 2.05) is 13.1 Å². The molecule has 1 heterocycles. The van der Waals surface area contributed by atoms with Crippen LogP contribution in [-0.4, -0.2) is 31.8 Å². The number of nitrogens with two attached hydrogens (primary N) is 2. The van der Waals surface area contributed by atoms with Gasteiger partial charge in [0, 0.05) is 37.6 Å². The Hall–Kier alpha value is -2.08. The van der Waals surface area contributed by atoms with Crippen LogP contribution in [0.25, 0.3) is 11.1 Å². The molecule has 5 nitrogen and oxygen atoms in total. The molecule has 0 saturated carbocycles. The summed E-state index contributed by atoms with van der Waals surface area (Å²) in [6.45, 7) is 5.86. The highest BCUT2D eigenvalue weighted by molar-refractivity contribution is 5.77. The molecule has 0 atom stereocenters. The third kappa shape index (κ3) is 3.24. The van der Waals surface area contributed by atoms with Crippen molar-refractivity contribution in [2.45, 2.75) is 20.0 Å². The Balaban J connectivity index is 2.04. The van der Waals surface area contributed by atoms with Crippen molar-refractivity contribution >= 4 is 5.69 Å². The first-order valence-corrected chi connectivity index (χ1v) is 8.35. The highest BCUT2D eigenvalue weighted by atomic mass is 16.5. The van der Waals surface area contributed by atoms with E-state index in [2.05, 4.69) is 41.4 Å². The van der Waals surface area contributed by atoms with Crippen molar-refractivity contribution in [1.82, 2.24) is 10.2 Å². The summed E-state index contributed by atoms with van der Waals surface area (Å²) in [5.74, 6) is 0.966. The molecule has 1 aliphatic heterocycles. The molecular weight excluding hydrogens is 300 g/mol. The van der Waals surface area contributed by atoms with Gasteiger partial charge in [0.2, 0.25) is 0 Å². The van der Waals surface area contributed by atoms with Crippen LogP contribution >= 0.6 is 0 Å². The number of aryl methyl sites for hydroxylation is 1. The molecule has 0 unspecified atom stereocenters. The third-order valence-electron chi connectivity index (χ3n) is 4.55. The molecular formula is C19H26N4O. The van der Waals surface area contributed by atoms with Gasteiger partial charge in [0.15, 0.2) is 0 Å². The first kappa shape index (κ1) is 16.8. The van der Waals surface area contributed by atoms with Crippen LogP contribution in [0, 0.1) is 6.92 Å². The van der Waals surface area contributed by atoms with Crippen LogP contribution in [-0.2, 0) is 13.1 Å². The summed E-state index contributed by atoms with van der Waals surface area (Å²) in [6.07, 6.45) is 0. The van der Waals surface area contributed by atoms with Gasteiger partial charge in [-0.1, -0.05) is 12.1 Å². The molecule has 0 amide bonds. The van der Waals surface area contributed by atoms with Crippen LogP contribution in [0.15, 0.2) is 30.3 Å². The van der Waals surface area contributed by atoms with Crippen molar-refractivity contribution in [2.24, 2.45) is 5.73 Å². The number of nitrogens with zero attached hydrogens (tertiary/aromatic N) is 1. The average molecular weight is 326 g/mol. The lowest BCUT2D eigenvalue weighted by Crippen LogP contribution is -2.33. The van der Waals surface area contributed by atoms with E-state index in [1.54, 1.807) is 0 Å². The van der Waals surface area contributed by atoms with Crippen molar-refractivity contribution in [3.8, 4) is 16.9 Å². The Bertz CT molecular complexity index is 730. The van der Waals surface area contributed by atoms with E-state index in [4.69, 9.17) is 16.2 Å². The number of hydrogen-bond donors (Lipinski definition) is 3. The van der Waals surface area contributed by atoms with E-state index in [0.29, 0.717) is 13.2 Å². The minimum atomic E-state index is 0.433. The molecule has 0 radical (unpaired) electrons. The van der Waals surface area contributed by atoms with Gasteiger partial charge < -0.3 is 21.5 Å². The standard InChI is InChI=1S/C19H26N4O/c1-13-3-5-17(21)16(10-20)19(13)14-4-6-18-15(9-14)11-23(12-22-2)7-8-24-18/h3-6,9,22H,7-8,10-12,20-21H2,1-2H3. The Labute approximate surface area is 143 Å². The number of anilines is 1. The molecule has 3 rings (SSSR count). The minimum absolute atomic E-state index is 0.433. The number of rotatable bonds is 4.